The number of benzene rings is 2. The molecule has 0 radical (unpaired) electrons. The molecule has 4 aromatic rings. The molecule has 0 N–H and O–H groups in total. The fourth-order valence-corrected chi connectivity index (χ4v) is 3.78. The van der Waals surface area contributed by atoms with Gasteiger partial charge in [-0.15, -0.1) is 0 Å². The molecule has 0 spiro atoms. The number of nitrogens with zero attached hydrogens (tertiary/aromatic N) is 3. The lowest BCUT2D eigenvalue weighted by atomic mass is 10.1. The average molecular weight is 353 g/mol. The van der Waals surface area contributed by atoms with Crippen LogP contribution in [-0.4, -0.2) is 22.6 Å². The van der Waals surface area contributed by atoms with Crippen LogP contribution in [0.25, 0.3) is 22.2 Å². The van der Waals surface area contributed by atoms with Gasteiger partial charge in [-0.05, 0) is 36.4 Å². The van der Waals surface area contributed by atoms with Gasteiger partial charge in [0.25, 0.3) is 10.0 Å². The molecular formula is C18H12FN3O2S. The molecule has 5 nitrogen and oxygen atoms in total. The van der Waals surface area contributed by atoms with Crippen LogP contribution in [0.5, 0.6) is 0 Å². The number of halogens is 1. The highest BCUT2D eigenvalue weighted by molar-refractivity contribution is 7.89. The average Bonchev–Trinajstić information content (AvgIpc) is 3.12. The molecular weight excluding hydrogens is 341 g/mol. The molecule has 2 aromatic carbocycles. The molecule has 0 amide bonds. The van der Waals surface area contributed by atoms with Crippen molar-refractivity contribution in [3.8, 4) is 11.3 Å². The van der Waals surface area contributed by atoms with Crippen molar-refractivity contribution in [2.24, 2.45) is 0 Å². The first kappa shape index (κ1) is 15.5. The molecule has 0 aliphatic rings. The van der Waals surface area contributed by atoms with Crippen LogP contribution in [-0.2, 0) is 10.0 Å². The molecule has 124 valence electrons. The third-order valence-electron chi connectivity index (χ3n) is 3.83. The predicted molar refractivity (Wildman–Crippen MR) is 91.9 cm³/mol. The number of hydrogen-bond donors (Lipinski definition) is 0. The maximum atomic E-state index is 13.4. The van der Waals surface area contributed by atoms with E-state index < -0.39 is 15.8 Å². The smallest absolute Gasteiger partial charge is 0.256 e. The zero-order chi connectivity index (χ0) is 17.4. The molecule has 0 fully saturated rings. The van der Waals surface area contributed by atoms with Gasteiger partial charge in [-0.2, -0.15) is 17.6 Å². The van der Waals surface area contributed by atoms with Crippen LogP contribution >= 0.6 is 0 Å². The van der Waals surface area contributed by atoms with Gasteiger partial charge in [-0.3, -0.25) is 4.98 Å². The van der Waals surface area contributed by atoms with E-state index in [1.54, 1.807) is 18.3 Å². The third kappa shape index (κ3) is 2.68. The molecule has 0 saturated carbocycles. The van der Waals surface area contributed by atoms with E-state index in [-0.39, 0.29) is 4.90 Å². The summed E-state index contributed by atoms with van der Waals surface area (Å²) in [5.74, 6) is -0.617. The lowest BCUT2D eigenvalue weighted by Gasteiger charge is -2.05. The second kappa shape index (κ2) is 5.78. The van der Waals surface area contributed by atoms with Crippen molar-refractivity contribution in [1.29, 1.82) is 0 Å². The lowest BCUT2D eigenvalue weighted by Crippen LogP contribution is -2.13. The summed E-state index contributed by atoms with van der Waals surface area (Å²) in [6, 6.07) is 15.8. The Morgan fingerprint density at radius 3 is 2.64 bits per heavy atom. The topological polar surface area (TPSA) is 64.8 Å². The Labute approximate surface area is 143 Å². The molecule has 0 unspecified atom stereocenters. The molecule has 2 heterocycles. The third-order valence-corrected chi connectivity index (χ3v) is 5.38. The van der Waals surface area contributed by atoms with E-state index in [0.29, 0.717) is 5.69 Å². The van der Waals surface area contributed by atoms with E-state index >= 15 is 0 Å². The number of para-hydroxylation sites is 1. The van der Waals surface area contributed by atoms with Crippen molar-refractivity contribution < 1.29 is 12.8 Å². The molecule has 0 saturated heterocycles. The van der Waals surface area contributed by atoms with Crippen molar-refractivity contribution >= 4 is 20.9 Å². The maximum absolute atomic E-state index is 13.4. The van der Waals surface area contributed by atoms with Crippen LogP contribution < -0.4 is 0 Å². The highest BCUT2D eigenvalue weighted by Crippen LogP contribution is 2.26. The number of fused-ring (bicyclic) bond motifs is 1. The van der Waals surface area contributed by atoms with Gasteiger partial charge in [0.05, 0.1) is 16.1 Å². The summed E-state index contributed by atoms with van der Waals surface area (Å²) in [6.07, 6.45) is 3.00. The summed E-state index contributed by atoms with van der Waals surface area (Å²) in [7, 11) is -3.95. The molecule has 2 aromatic heterocycles. The minimum atomic E-state index is -3.95. The van der Waals surface area contributed by atoms with Crippen molar-refractivity contribution in [1.82, 2.24) is 14.2 Å². The standard InChI is InChI=1S/C18H12FN3O2S/c19-13-4-3-5-14(12-13)25(23,24)22-11-9-18(21-22)16-8-10-20-17-7-2-1-6-15(16)17/h1-12H. The van der Waals surface area contributed by atoms with Crippen molar-refractivity contribution in [3.05, 3.63) is 78.9 Å². The minimum Gasteiger partial charge on any atom is -0.256 e. The van der Waals surface area contributed by atoms with E-state index in [1.165, 1.54) is 24.4 Å². The molecule has 0 atom stereocenters. The maximum Gasteiger partial charge on any atom is 0.283 e. The molecule has 7 heteroatoms. The largest absolute Gasteiger partial charge is 0.283 e. The lowest BCUT2D eigenvalue weighted by molar-refractivity contribution is 0.576. The fourth-order valence-electron chi connectivity index (χ4n) is 2.64. The number of hydrogen-bond acceptors (Lipinski definition) is 4. The molecule has 0 aliphatic heterocycles. The number of pyridine rings is 1. The highest BCUT2D eigenvalue weighted by atomic mass is 32.2. The van der Waals surface area contributed by atoms with Crippen LogP contribution in [0.1, 0.15) is 0 Å². The Balaban J connectivity index is 1.83. The monoisotopic (exact) mass is 353 g/mol. The number of aromatic nitrogens is 3. The predicted octanol–water partition coefficient (Wildman–Crippen LogP) is 3.47. The summed E-state index contributed by atoms with van der Waals surface area (Å²) >= 11 is 0. The molecule has 0 aliphatic carbocycles. The Morgan fingerprint density at radius 2 is 1.80 bits per heavy atom. The molecule has 4 rings (SSSR count). The van der Waals surface area contributed by atoms with Gasteiger partial charge in [-0.25, -0.2) is 4.39 Å². The zero-order valence-electron chi connectivity index (χ0n) is 12.9. The summed E-state index contributed by atoms with van der Waals surface area (Å²) in [5.41, 5.74) is 2.07. The first-order valence-electron chi connectivity index (χ1n) is 7.47. The second-order valence-electron chi connectivity index (χ2n) is 5.41. The normalized spacial score (nSPS) is 11.7. The summed E-state index contributed by atoms with van der Waals surface area (Å²) in [5, 5.41) is 5.06. The van der Waals surface area contributed by atoms with E-state index in [2.05, 4.69) is 10.1 Å². The van der Waals surface area contributed by atoms with Crippen molar-refractivity contribution in [3.63, 3.8) is 0 Å². The summed E-state index contributed by atoms with van der Waals surface area (Å²) in [4.78, 5) is 4.13. The van der Waals surface area contributed by atoms with E-state index in [4.69, 9.17) is 0 Å². The first-order valence-corrected chi connectivity index (χ1v) is 8.91. The van der Waals surface area contributed by atoms with Crippen LogP contribution in [0, 0.1) is 5.82 Å². The Bertz CT molecular complexity index is 1180. The van der Waals surface area contributed by atoms with Crippen molar-refractivity contribution in [2.45, 2.75) is 4.90 Å². The SMILES string of the molecule is O=S(=O)(c1cccc(F)c1)n1ccc(-c2ccnc3ccccc23)n1. The molecule has 25 heavy (non-hydrogen) atoms. The van der Waals surface area contributed by atoms with E-state index in [0.717, 1.165) is 26.6 Å². The summed E-state index contributed by atoms with van der Waals surface area (Å²) < 4.78 is 39.4. The van der Waals surface area contributed by atoms with Gasteiger partial charge in [0, 0.05) is 23.3 Å². The van der Waals surface area contributed by atoms with Crippen LogP contribution in [0.4, 0.5) is 4.39 Å². The first-order chi connectivity index (χ1) is 12.1. The van der Waals surface area contributed by atoms with Gasteiger partial charge >= 0.3 is 0 Å². The minimum absolute atomic E-state index is 0.151. The van der Waals surface area contributed by atoms with Gasteiger partial charge in [0.1, 0.15) is 5.82 Å². The van der Waals surface area contributed by atoms with Gasteiger partial charge in [0.15, 0.2) is 0 Å². The van der Waals surface area contributed by atoms with Crippen LogP contribution in [0.15, 0.2) is 78.0 Å². The van der Waals surface area contributed by atoms with Gasteiger partial charge < -0.3 is 0 Å². The van der Waals surface area contributed by atoms with Gasteiger partial charge in [0.2, 0.25) is 0 Å². The van der Waals surface area contributed by atoms with Crippen LogP contribution in [0.3, 0.4) is 0 Å². The fraction of sp³-hybridized carbons (Fsp3) is 0. The Kier molecular flexibility index (Phi) is 3.58. The Morgan fingerprint density at radius 1 is 0.960 bits per heavy atom. The highest BCUT2D eigenvalue weighted by Gasteiger charge is 2.19. The van der Waals surface area contributed by atoms with E-state index in [1.807, 2.05) is 24.3 Å². The molecule has 0 bridgehead atoms. The Hall–Kier alpha value is -3.06. The van der Waals surface area contributed by atoms with E-state index in [9.17, 15) is 12.8 Å². The second-order valence-corrected chi connectivity index (χ2v) is 7.21. The van der Waals surface area contributed by atoms with Gasteiger partial charge in [-0.1, -0.05) is 24.3 Å². The van der Waals surface area contributed by atoms with Crippen LogP contribution in [0.2, 0.25) is 0 Å². The summed E-state index contributed by atoms with van der Waals surface area (Å²) in [6.45, 7) is 0. The van der Waals surface area contributed by atoms with Crippen molar-refractivity contribution in [2.75, 3.05) is 0 Å². The zero-order valence-corrected chi connectivity index (χ0v) is 13.7. The number of rotatable bonds is 3. The quantitative estimate of drug-likeness (QED) is 0.566.